The number of nitrogens with one attached hydrogen (secondary N) is 2. The standard InChI is InChI=1S/C13H10.2CHNO/c1-2-4-13-11-7-5-10(6-8-11)9-12(13)3-1;2*2-1-3/h1-8H,9H2;2*2H. The quantitative estimate of drug-likeness (QED) is 0.476. The monoisotopic (exact) mass is 252 g/mol. The van der Waals surface area contributed by atoms with E-state index in [-0.39, 0.29) is 0 Å². The molecule has 0 saturated heterocycles. The van der Waals surface area contributed by atoms with Crippen LogP contribution >= 0.6 is 0 Å². The van der Waals surface area contributed by atoms with Gasteiger partial charge in [-0.1, -0.05) is 48.5 Å². The molecule has 19 heavy (non-hydrogen) atoms. The second-order valence-electron chi connectivity index (χ2n) is 3.73. The van der Waals surface area contributed by atoms with Gasteiger partial charge in [0.2, 0.25) is 12.2 Å². The zero-order valence-corrected chi connectivity index (χ0v) is 10.1. The van der Waals surface area contributed by atoms with Gasteiger partial charge in [0.15, 0.2) is 0 Å². The van der Waals surface area contributed by atoms with E-state index in [2.05, 4.69) is 48.5 Å². The van der Waals surface area contributed by atoms with Gasteiger partial charge in [-0.2, -0.15) is 0 Å². The summed E-state index contributed by atoms with van der Waals surface area (Å²) in [5, 5.41) is 10.8. The molecular weight excluding hydrogens is 240 g/mol. The molecule has 2 aromatic rings. The van der Waals surface area contributed by atoms with Crippen molar-refractivity contribution in [2.24, 2.45) is 0 Å². The molecule has 94 valence electrons. The van der Waals surface area contributed by atoms with Gasteiger partial charge >= 0.3 is 0 Å². The van der Waals surface area contributed by atoms with Crippen molar-refractivity contribution in [2.45, 2.75) is 6.42 Å². The van der Waals surface area contributed by atoms with E-state index in [0.717, 1.165) is 18.6 Å². The molecule has 2 aliphatic carbocycles. The highest BCUT2D eigenvalue weighted by atomic mass is 16.1. The maximum Gasteiger partial charge on any atom is 0.231 e. The molecule has 0 heterocycles. The highest BCUT2D eigenvalue weighted by Crippen LogP contribution is 2.29. The van der Waals surface area contributed by atoms with Gasteiger partial charge in [-0.15, -0.1) is 0 Å². The average molecular weight is 252 g/mol. The molecule has 4 rings (SSSR count). The SMILES string of the molecule is N=C=O.N=C=O.c1ccc2c(c1)Cc1ccc-2cc1. The molecule has 0 aromatic heterocycles. The van der Waals surface area contributed by atoms with Gasteiger partial charge in [0.05, 0.1) is 0 Å². The lowest BCUT2D eigenvalue weighted by atomic mass is 10.0. The first-order chi connectivity index (χ1) is 9.26. The van der Waals surface area contributed by atoms with Crippen molar-refractivity contribution in [1.29, 1.82) is 10.8 Å². The maximum atomic E-state index is 8.35. The molecule has 0 radical (unpaired) electrons. The summed E-state index contributed by atoms with van der Waals surface area (Å²) in [6.07, 6.45) is 2.58. The van der Waals surface area contributed by atoms with Crippen LogP contribution in [0.4, 0.5) is 0 Å². The minimum absolute atomic E-state index is 0.750. The molecule has 0 amide bonds. The predicted octanol–water partition coefficient (Wildman–Crippen LogP) is 3.06. The Balaban J connectivity index is 0.000000261. The third-order valence-electron chi connectivity index (χ3n) is 2.68. The number of rotatable bonds is 0. The van der Waals surface area contributed by atoms with E-state index in [1.165, 1.54) is 22.3 Å². The summed E-state index contributed by atoms with van der Waals surface area (Å²) in [6.45, 7) is 0. The fourth-order valence-electron chi connectivity index (χ4n) is 1.98. The van der Waals surface area contributed by atoms with Crippen LogP contribution in [0.25, 0.3) is 11.1 Å². The average Bonchev–Trinajstić information content (AvgIpc) is 2.70. The molecule has 0 aliphatic heterocycles. The minimum Gasteiger partial charge on any atom is -0.222 e. The summed E-state index contributed by atoms with van der Waals surface area (Å²) in [5.74, 6) is 0. The molecule has 4 heteroatoms. The molecule has 2 bridgehead atoms. The van der Waals surface area contributed by atoms with Crippen LogP contribution in [0.1, 0.15) is 11.1 Å². The molecule has 0 fully saturated rings. The van der Waals surface area contributed by atoms with E-state index >= 15 is 0 Å². The molecule has 2 N–H and O–H groups in total. The second-order valence-corrected chi connectivity index (χ2v) is 3.73. The van der Waals surface area contributed by atoms with Gasteiger partial charge in [0.1, 0.15) is 0 Å². The summed E-state index contributed by atoms with van der Waals surface area (Å²) in [5.41, 5.74) is 5.59. The van der Waals surface area contributed by atoms with E-state index in [0.29, 0.717) is 0 Å². The zero-order valence-electron chi connectivity index (χ0n) is 10.1. The lowest BCUT2D eigenvalue weighted by Gasteiger charge is -2.03. The fourth-order valence-corrected chi connectivity index (χ4v) is 1.98. The lowest BCUT2D eigenvalue weighted by molar-refractivity contribution is 0.562. The van der Waals surface area contributed by atoms with E-state index in [9.17, 15) is 0 Å². The highest BCUT2D eigenvalue weighted by Gasteiger charge is 2.09. The van der Waals surface area contributed by atoms with Crippen molar-refractivity contribution < 1.29 is 9.59 Å². The Labute approximate surface area is 110 Å². The van der Waals surface area contributed by atoms with Gasteiger partial charge in [0.25, 0.3) is 0 Å². The van der Waals surface area contributed by atoms with Crippen molar-refractivity contribution in [3.63, 3.8) is 0 Å². The highest BCUT2D eigenvalue weighted by molar-refractivity contribution is 5.70. The Hall–Kier alpha value is -2.80. The van der Waals surface area contributed by atoms with E-state index in [4.69, 9.17) is 20.4 Å². The molecule has 4 nitrogen and oxygen atoms in total. The predicted molar refractivity (Wildman–Crippen MR) is 71.5 cm³/mol. The van der Waals surface area contributed by atoms with E-state index in [1.807, 2.05) is 0 Å². The van der Waals surface area contributed by atoms with Crippen LogP contribution in [0.2, 0.25) is 0 Å². The smallest absolute Gasteiger partial charge is 0.222 e. The van der Waals surface area contributed by atoms with Crippen molar-refractivity contribution in [2.75, 3.05) is 0 Å². The summed E-state index contributed by atoms with van der Waals surface area (Å²) in [7, 11) is 0. The first-order valence-electron chi connectivity index (χ1n) is 5.51. The number of hydrogen-bond acceptors (Lipinski definition) is 4. The molecule has 0 unspecified atom stereocenters. The van der Waals surface area contributed by atoms with Gasteiger partial charge in [-0.25, -0.2) is 20.4 Å². The Morgan fingerprint density at radius 2 is 1.37 bits per heavy atom. The third kappa shape index (κ3) is 3.86. The Morgan fingerprint density at radius 3 is 1.95 bits per heavy atom. The Kier molecular flexibility index (Phi) is 5.64. The minimum atomic E-state index is 0.750. The molecule has 2 aliphatic rings. The number of hydrogen-bond donors (Lipinski definition) is 2. The normalized spacial score (nSPS) is 9.26. The van der Waals surface area contributed by atoms with Crippen molar-refractivity contribution in [1.82, 2.24) is 0 Å². The first kappa shape index (κ1) is 14.3. The number of benzene rings is 2. The number of carbonyl (C=O) groups excluding carboxylic acids is 2. The van der Waals surface area contributed by atoms with Gasteiger partial charge in [-0.05, 0) is 28.7 Å². The topological polar surface area (TPSA) is 81.8 Å². The van der Waals surface area contributed by atoms with Crippen LogP contribution in [-0.4, -0.2) is 12.2 Å². The lowest BCUT2D eigenvalue weighted by Crippen LogP contribution is -1.85. The van der Waals surface area contributed by atoms with Crippen LogP contribution < -0.4 is 0 Å². The van der Waals surface area contributed by atoms with Gasteiger partial charge in [0, 0.05) is 0 Å². The largest absolute Gasteiger partial charge is 0.231 e. The second kappa shape index (κ2) is 7.51. The molecule has 0 saturated carbocycles. The van der Waals surface area contributed by atoms with Crippen LogP contribution in [0.5, 0.6) is 0 Å². The van der Waals surface area contributed by atoms with Crippen LogP contribution in [0, 0.1) is 10.8 Å². The van der Waals surface area contributed by atoms with Crippen LogP contribution in [0.15, 0.2) is 48.5 Å². The molecule has 2 aromatic carbocycles. The van der Waals surface area contributed by atoms with Crippen LogP contribution in [-0.2, 0) is 16.0 Å². The van der Waals surface area contributed by atoms with Crippen molar-refractivity contribution in [3.05, 3.63) is 59.7 Å². The Morgan fingerprint density at radius 1 is 0.842 bits per heavy atom. The first-order valence-corrected chi connectivity index (χ1v) is 5.51. The molecule has 0 atom stereocenters. The molecular formula is C15H12N2O2. The van der Waals surface area contributed by atoms with Crippen molar-refractivity contribution in [3.8, 4) is 11.1 Å². The zero-order chi connectivity index (χ0) is 14.1. The fraction of sp³-hybridized carbons (Fsp3) is 0.0667. The summed E-state index contributed by atoms with van der Waals surface area (Å²) in [4.78, 5) is 16.7. The van der Waals surface area contributed by atoms with Crippen molar-refractivity contribution >= 4 is 12.2 Å². The van der Waals surface area contributed by atoms with E-state index in [1.54, 1.807) is 0 Å². The number of fused-ring (bicyclic) bond motifs is 2. The summed E-state index contributed by atoms with van der Waals surface area (Å²) >= 11 is 0. The Bertz CT molecular complexity index is 594. The van der Waals surface area contributed by atoms with E-state index < -0.39 is 0 Å². The summed E-state index contributed by atoms with van der Waals surface area (Å²) < 4.78 is 0. The number of isocyanates is 2. The third-order valence-corrected chi connectivity index (χ3v) is 2.68. The summed E-state index contributed by atoms with van der Waals surface area (Å²) in [6, 6.07) is 17.5. The maximum absolute atomic E-state index is 8.35. The molecule has 0 spiro atoms. The van der Waals surface area contributed by atoms with Gasteiger partial charge in [-0.3, -0.25) is 0 Å². The van der Waals surface area contributed by atoms with Gasteiger partial charge < -0.3 is 0 Å². The van der Waals surface area contributed by atoms with Crippen LogP contribution in [0.3, 0.4) is 0 Å².